The minimum Gasteiger partial charge on any atom is -0.293 e. The van der Waals surface area contributed by atoms with Crippen molar-refractivity contribution < 1.29 is 8.42 Å². The van der Waals surface area contributed by atoms with E-state index in [1.807, 2.05) is 13.8 Å². The average Bonchev–Trinajstić information content (AvgIpc) is 2.33. The lowest BCUT2D eigenvalue weighted by atomic mass is 9.87. The molecule has 1 unspecified atom stereocenters. The number of nitrogens with one attached hydrogen (secondary N) is 1. The highest BCUT2D eigenvalue weighted by Crippen LogP contribution is 2.36. The highest BCUT2D eigenvalue weighted by Gasteiger charge is 2.42. The van der Waals surface area contributed by atoms with Crippen molar-refractivity contribution >= 4 is 9.84 Å². The van der Waals surface area contributed by atoms with Gasteiger partial charge in [0.15, 0.2) is 9.84 Å². The number of nitrogens with zero attached hydrogens (tertiary/aromatic N) is 1. The standard InChI is InChI=1S/C13H16N2O2S/c1-10(2)15-13(9-14)7-8-18(16,17)12-6-4-3-5-11(12)13/h3-6,10,15H,7-8H2,1-2H3. The minimum absolute atomic E-state index is 0.0112. The molecule has 0 aromatic heterocycles. The Morgan fingerprint density at radius 1 is 1.39 bits per heavy atom. The van der Waals surface area contributed by atoms with Crippen LogP contribution >= 0.6 is 0 Å². The van der Waals surface area contributed by atoms with Crippen LogP contribution in [0.1, 0.15) is 25.8 Å². The minimum atomic E-state index is -3.25. The Labute approximate surface area is 108 Å². The van der Waals surface area contributed by atoms with E-state index in [2.05, 4.69) is 11.4 Å². The summed E-state index contributed by atoms with van der Waals surface area (Å²) in [6.07, 6.45) is 0.293. The van der Waals surface area contributed by atoms with E-state index in [9.17, 15) is 13.7 Å². The summed E-state index contributed by atoms with van der Waals surface area (Å²) in [5, 5.41) is 12.7. The van der Waals surface area contributed by atoms with Gasteiger partial charge in [-0.1, -0.05) is 18.2 Å². The normalized spacial score (nSPS) is 25.4. The van der Waals surface area contributed by atoms with Gasteiger partial charge < -0.3 is 0 Å². The van der Waals surface area contributed by atoms with Crippen LogP contribution in [0.15, 0.2) is 29.2 Å². The second-order valence-corrected chi connectivity index (χ2v) is 6.96. The fraction of sp³-hybridized carbons (Fsp3) is 0.462. The maximum Gasteiger partial charge on any atom is 0.178 e. The van der Waals surface area contributed by atoms with Crippen molar-refractivity contribution in [2.45, 2.75) is 36.7 Å². The highest BCUT2D eigenvalue weighted by atomic mass is 32.2. The molecule has 1 aromatic rings. The molecule has 18 heavy (non-hydrogen) atoms. The molecule has 4 nitrogen and oxygen atoms in total. The number of nitriles is 1. The summed E-state index contributed by atoms with van der Waals surface area (Å²) in [6, 6.07) is 9.15. The summed E-state index contributed by atoms with van der Waals surface area (Å²) in [6.45, 7) is 3.90. The molecule has 0 fully saturated rings. The van der Waals surface area contributed by atoms with Gasteiger partial charge in [0.05, 0.1) is 16.7 Å². The highest BCUT2D eigenvalue weighted by molar-refractivity contribution is 7.91. The summed E-state index contributed by atoms with van der Waals surface area (Å²) >= 11 is 0. The molecule has 0 spiro atoms. The summed E-state index contributed by atoms with van der Waals surface area (Å²) in [5.41, 5.74) is -0.316. The molecule has 0 saturated carbocycles. The molecule has 1 atom stereocenters. The quantitative estimate of drug-likeness (QED) is 0.880. The van der Waals surface area contributed by atoms with Crippen molar-refractivity contribution in [3.63, 3.8) is 0 Å². The Balaban J connectivity index is 2.64. The largest absolute Gasteiger partial charge is 0.293 e. The lowest BCUT2D eigenvalue weighted by molar-refractivity contribution is 0.363. The van der Waals surface area contributed by atoms with E-state index in [0.29, 0.717) is 12.0 Å². The molecule has 96 valence electrons. The molecular weight excluding hydrogens is 248 g/mol. The second kappa shape index (κ2) is 4.38. The zero-order valence-electron chi connectivity index (χ0n) is 10.5. The molecule has 1 aliphatic heterocycles. The molecule has 0 bridgehead atoms. The number of hydrogen-bond donors (Lipinski definition) is 1. The second-order valence-electron chi connectivity index (χ2n) is 4.88. The van der Waals surface area contributed by atoms with Crippen LogP contribution in [-0.4, -0.2) is 20.2 Å². The van der Waals surface area contributed by atoms with Crippen LogP contribution in [0.2, 0.25) is 0 Å². The van der Waals surface area contributed by atoms with Crippen LogP contribution < -0.4 is 5.32 Å². The van der Waals surface area contributed by atoms with Gasteiger partial charge >= 0.3 is 0 Å². The Bertz CT molecular complexity index is 602. The van der Waals surface area contributed by atoms with E-state index in [0.717, 1.165) is 0 Å². The first kappa shape index (κ1) is 13.1. The van der Waals surface area contributed by atoms with Crippen LogP contribution in [0.3, 0.4) is 0 Å². The van der Waals surface area contributed by atoms with E-state index in [-0.39, 0.29) is 16.7 Å². The number of rotatable bonds is 2. The van der Waals surface area contributed by atoms with Crippen LogP contribution in [0.5, 0.6) is 0 Å². The molecule has 1 aliphatic rings. The van der Waals surface area contributed by atoms with E-state index in [1.165, 1.54) is 0 Å². The van der Waals surface area contributed by atoms with E-state index < -0.39 is 15.4 Å². The first-order valence-electron chi connectivity index (χ1n) is 5.92. The van der Waals surface area contributed by atoms with Crippen molar-refractivity contribution in [1.82, 2.24) is 5.32 Å². The van der Waals surface area contributed by atoms with Crippen molar-refractivity contribution in [2.24, 2.45) is 0 Å². The monoisotopic (exact) mass is 264 g/mol. The molecule has 5 heteroatoms. The molecule has 0 aliphatic carbocycles. The Morgan fingerprint density at radius 3 is 2.67 bits per heavy atom. The summed E-state index contributed by atoms with van der Waals surface area (Å²) < 4.78 is 24.1. The number of fused-ring (bicyclic) bond motifs is 1. The SMILES string of the molecule is CC(C)NC1(C#N)CCS(=O)(=O)c2ccccc21. The fourth-order valence-corrected chi connectivity index (χ4v) is 4.07. The lowest BCUT2D eigenvalue weighted by Crippen LogP contribution is -2.49. The zero-order chi connectivity index (χ0) is 13.4. The molecule has 0 radical (unpaired) electrons. The van der Waals surface area contributed by atoms with Gasteiger partial charge in [0.25, 0.3) is 0 Å². The third-order valence-corrected chi connectivity index (χ3v) is 4.92. The third-order valence-electron chi connectivity index (χ3n) is 3.15. The Kier molecular flexibility index (Phi) is 3.18. The van der Waals surface area contributed by atoms with Crippen LogP contribution in [0.4, 0.5) is 0 Å². The number of hydrogen-bond acceptors (Lipinski definition) is 4. The Morgan fingerprint density at radius 2 is 2.06 bits per heavy atom. The molecule has 0 saturated heterocycles. The van der Waals surface area contributed by atoms with Crippen LogP contribution in [-0.2, 0) is 15.4 Å². The van der Waals surface area contributed by atoms with E-state index in [1.54, 1.807) is 24.3 Å². The molecule has 1 aromatic carbocycles. The molecule has 1 heterocycles. The van der Waals surface area contributed by atoms with Gasteiger partial charge in [-0.2, -0.15) is 5.26 Å². The van der Waals surface area contributed by atoms with Gasteiger partial charge in [-0.05, 0) is 26.3 Å². The smallest absolute Gasteiger partial charge is 0.178 e. The summed E-state index contributed by atoms with van der Waals surface area (Å²) in [5.74, 6) is 0.0112. The van der Waals surface area contributed by atoms with Gasteiger partial charge in [-0.25, -0.2) is 8.42 Å². The summed E-state index contributed by atoms with van der Waals surface area (Å²) in [7, 11) is -3.25. The predicted molar refractivity (Wildman–Crippen MR) is 68.7 cm³/mol. The van der Waals surface area contributed by atoms with Crippen LogP contribution in [0, 0.1) is 11.3 Å². The maximum absolute atomic E-state index is 12.0. The van der Waals surface area contributed by atoms with Gasteiger partial charge in [0, 0.05) is 11.6 Å². The van der Waals surface area contributed by atoms with Crippen molar-refractivity contribution in [1.29, 1.82) is 5.26 Å². The van der Waals surface area contributed by atoms with E-state index >= 15 is 0 Å². The Hall–Kier alpha value is -1.38. The van der Waals surface area contributed by atoms with Crippen molar-refractivity contribution in [3.05, 3.63) is 29.8 Å². The first-order chi connectivity index (χ1) is 8.41. The lowest BCUT2D eigenvalue weighted by Gasteiger charge is -2.35. The van der Waals surface area contributed by atoms with Crippen molar-refractivity contribution in [2.75, 3.05) is 5.75 Å². The third kappa shape index (κ3) is 2.02. The maximum atomic E-state index is 12.0. The molecular formula is C13H16N2O2S. The number of sulfone groups is 1. The van der Waals surface area contributed by atoms with Gasteiger partial charge in [0.2, 0.25) is 0 Å². The molecule has 2 rings (SSSR count). The first-order valence-corrected chi connectivity index (χ1v) is 7.58. The molecule has 1 N–H and O–H groups in total. The molecule has 0 amide bonds. The van der Waals surface area contributed by atoms with Gasteiger partial charge in [-0.3, -0.25) is 5.32 Å². The summed E-state index contributed by atoms with van der Waals surface area (Å²) in [4.78, 5) is 0.283. The van der Waals surface area contributed by atoms with Gasteiger partial charge in [0.1, 0.15) is 5.54 Å². The van der Waals surface area contributed by atoms with Crippen molar-refractivity contribution in [3.8, 4) is 6.07 Å². The zero-order valence-corrected chi connectivity index (χ0v) is 11.3. The fourth-order valence-electron chi connectivity index (χ4n) is 2.41. The van der Waals surface area contributed by atoms with E-state index in [4.69, 9.17) is 0 Å². The number of benzene rings is 1. The average molecular weight is 264 g/mol. The topological polar surface area (TPSA) is 70.0 Å². The van der Waals surface area contributed by atoms with Crippen LogP contribution in [0.25, 0.3) is 0 Å². The van der Waals surface area contributed by atoms with Gasteiger partial charge in [-0.15, -0.1) is 0 Å². The predicted octanol–water partition coefficient (Wildman–Crippen LogP) is 1.58.